The van der Waals surface area contributed by atoms with Gasteiger partial charge < -0.3 is 5.11 Å². The fourth-order valence-corrected chi connectivity index (χ4v) is 2.07. The molecule has 2 rings (SSSR count). The second-order valence-electron chi connectivity index (χ2n) is 2.62. The minimum Gasteiger partial charge on any atom is -0.508 e. The first-order valence-electron chi connectivity index (χ1n) is 3.58. The lowest BCUT2D eigenvalue weighted by atomic mass is 10.1. The number of halogens is 1. The van der Waals surface area contributed by atoms with Crippen molar-refractivity contribution in [1.29, 1.82) is 0 Å². The summed E-state index contributed by atoms with van der Waals surface area (Å²) in [5.41, 5.74) is 0.315. The van der Waals surface area contributed by atoms with Crippen LogP contribution in [0, 0.1) is 5.13 Å². The number of hydrogen-bond acceptors (Lipinski definition) is 3. The van der Waals surface area contributed by atoms with Crippen LogP contribution < -0.4 is 0 Å². The van der Waals surface area contributed by atoms with E-state index in [0.717, 1.165) is 11.3 Å². The Morgan fingerprint density at radius 1 is 1.38 bits per heavy atom. The minimum atomic E-state index is -0.358. The number of carbonyl (C=O) groups excluding carboxylic acids is 1. The van der Waals surface area contributed by atoms with Crippen LogP contribution in [0.15, 0.2) is 18.2 Å². The molecule has 0 aliphatic rings. The Balaban J connectivity index is 2.88. The number of carbonyl (C=O) groups is 1. The zero-order chi connectivity index (χ0) is 9.42. The number of benzene rings is 1. The second kappa shape index (κ2) is 2.81. The molecule has 13 heavy (non-hydrogen) atoms. The maximum atomic E-state index is 12.8. The number of hydrogen-bond donors (Lipinski definition) is 1. The van der Waals surface area contributed by atoms with Gasteiger partial charge in [0.15, 0.2) is 11.4 Å². The molecule has 1 N–H and O–H groups in total. The molecule has 0 unspecified atom stereocenters. The van der Waals surface area contributed by atoms with Crippen LogP contribution in [-0.4, -0.2) is 11.4 Å². The highest BCUT2D eigenvalue weighted by Gasteiger charge is 2.07. The largest absolute Gasteiger partial charge is 0.508 e. The first-order chi connectivity index (χ1) is 6.20. The maximum Gasteiger partial charge on any atom is 0.177 e. The molecule has 2 nitrogen and oxygen atoms in total. The quantitative estimate of drug-likeness (QED) is 0.711. The molecule has 0 radical (unpaired) electrons. The highest BCUT2D eigenvalue weighted by Crippen LogP contribution is 2.30. The van der Waals surface area contributed by atoms with Crippen molar-refractivity contribution in [2.24, 2.45) is 0 Å². The average molecular weight is 196 g/mol. The number of thiophene rings is 1. The van der Waals surface area contributed by atoms with E-state index < -0.39 is 0 Å². The molecule has 0 saturated carbocycles. The zero-order valence-electron chi connectivity index (χ0n) is 6.45. The van der Waals surface area contributed by atoms with Crippen LogP contribution in [0.4, 0.5) is 4.39 Å². The SMILES string of the molecule is O=Cc1cc(O)cc2sc(F)cc12. The van der Waals surface area contributed by atoms with Crippen molar-refractivity contribution in [3.63, 3.8) is 0 Å². The lowest BCUT2D eigenvalue weighted by molar-refractivity contribution is 0.112. The summed E-state index contributed by atoms with van der Waals surface area (Å²) < 4.78 is 13.4. The van der Waals surface area contributed by atoms with E-state index in [1.165, 1.54) is 18.2 Å². The van der Waals surface area contributed by atoms with Gasteiger partial charge in [-0.2, -0.15) is 4.39 Å². The normalized spacial score (nSPS) is 10.5. The summed E-state index contributed by atoms with van der Waals surface area (Å²) in [4.78, 5) is 10.6. The van der Waals surface area contributed by atoms with Crippen LogP contribution in [-0.2, 0) is 0 Å². The van der Waals surface area contributed by atoms with Gasteiger partial charge in [0.2, 0.25) is 0 Å². The van der Waals surface area contributed by atoms with E-state index in [2.05, 4.69) is 0 Å². The van der Waals surface area contributed by atoms with Gasteiger partial charge in [0, 0.05) is 15.6 Å². The molecule has 0 saturated heterocycles. The molecule has 1 aromatic carbocycles. The van der Waals surface area contributed by atoms with Crippen molar-refractivity contribution in [1.82, 2.24) is 0 Å². The van der Waals surface area contributed by atoms with Crippen LogP contribution in [0.5, 0.6) is 5.75 Å². The predicted molar refractivity (Wildman–Crippen MR) is 48.8 cm³/mol. The molecule has 0 spiro atoms. The third-order valence-electron chi connectivity index (χ3n) is 1.75. The standard InChI is InChI=1S/C9H5FO2S/c10-9-3-7-5(4-11)1-6(12)2-8(7)13-9/h1-4,12H. The lowest BCUT2D eigenvalue weighted by Crippen LogP contribution is -1.79. The third-order valence-corrected chi connectivity index (χ3v) is 2.62. The molecule has 0 atom stereocenters. The molecule has 0 fully saturated rings. The summed E-state index contributed by atoms with van der Waals surface area (Å²) >= 11 is 0.910. The third kappa shape index (κ3) is 1.29. The van der Waals surface area contributed by atoms with Crippen LogP contribution in [0.2, 0.25) is 0 Å². The molecular formula is C9H5FO2S. The van der Waals surface area contributed by atoms with Crippen molar-refractivity contribution in [3.8, 4) is 5.75 Å². The molecule has 0 bridgehead atoms. The zero-order valence-corrected chi connectivity index (χ0v) is 7.27. The number of phenols is 1. The molecule has 1 heterocycles. The van der Waals surface area contributed by atoms with Gasteiger partial charge in [-0.15, -0.1) is 11.3 Å². The Morgan fingerprint density at radius 3 is 2.85 bits per heavy atom. The molecule has 4 heteroatoms. The molecule has 2 aromatic rings. The summed E-state index contributed by atoms with van der Waals surface area (Å²) in [6.07, 6.45) is 0.605. The number of rotatable bonds is 1. The van der Waals surface area contributed by atoms with Crippen LogP contribution >= 0.6 is 11.3 Å². The van der Waals surface area contributed by atoms with Gasteiger partial charge in [0.25, 0.3) is 0 Å². The summed E-state index contributed by atoms with van der Waals surface area (Å²) in [5.74, 6) is -0.0172. The van der Waals surface area contributed by atoms with E-state index in [0.29, 0.717) is 21.9 Å². The monoisotopic (exact) mass is 196 g/mol. The van der Waals surface area contributed by atoms with Gasteiger partial charge >= 0.3 is 0 Å². The summed E-state index contributed by atoms with van der Waals surface area (Å²) in [6.45, 7) is 0. The predicted octanol–water partition coefficient (Wildman–Crippen LogP) is 2.56. The number of aromatic hydroxyl groups is 1. The molecule has 66 valence electrons. The maximum absolute atomic E-state index is 12.8. The van der Waals surface area contributed by atoms with Gasteiger partial charge in [0.1, 0.15) is 5.75 Å². The smallest absolute Gasteiger partial charge is 0.177 e. The summed E-state index contributed by atoms with van der Waals surface area (Å²) in [7, 11) is 0. The first-order valence-corrected chi connectivity index (χ1v) is 4.39. The van der Waals surface area contributed by atoms with E-state index in [4.69, 9.17) is 0 Å². The Morgan fingerprint density at radius 2 is 2.15 bits per heavy atom. The molecule has 0 amide bonds. The Labute approximate surface area is 77.2 Å². The first kappa shape index (κ1) is 8.19. The van der Waals surface area contributed by atoms with E-state index in [-0.39, 0.29) is 10.9 Å². The van der Waals surface area contributed by atoms with Gasteiger partial charge in [0.05, 0.1) is 0 Å². The number of phenolic OH excluding ortho intramolecular Hbond substituents is 1. The lowest BCUT2D eigenvalue weighted by Gasteiger charge is -1.95. The van der Waals surface area contributed by atoms with Gasteiger partial charge in [-0.1, -0.05) is 0 Å². The van der Waals surface area contributed by atoms with Gasteiger partial charge in [-0.05, 0) is 18.2 Å². The minimum absolute atomic E-state index is 0.0172. The molecule has 1 aromatic heterocycles. The van der Waals surface area contributed by atoms with Crippen LogP contribution in [0.1, 0.15) is 10.4 Å². The number of fused-ring (bicyclic) bond motifs is 1. The average Bonchev–Trinajstić information content (AvgIpc) is 2.43. The topological polar surface area (TPSA) is 37.3 Å². The van der Waals surface area contributed by atoms with Crippen molar-refractivity contribution in [2.45, 2.75) is 0 Å². The highest BCUT2D eigenvalue weighted by atomic mass is 32.1. The van der Waals surface area contributed by atoms with Crippen LogP contribution in [0.25, 0.3) is 10.1 Å². The van der Waals surface area contributed by atoms with Crippen LogP contribution in [0.3, 0.4) is 0 Å². The van der Waals surface area contributed by atoms with Crippen molar-refractivity contribution < 1.29 is 14.3 Å². The Bertz CT molecular complexity index is 476. The molecule has 0 aliphatic carbocycles. The van der Waals surface area contributed by atoms with E-state index in [1.807, 2.05) is 0 Å². The van der Waals surface area contributed by atoms with Crippen molar-refractivity contribution in [3.05, 3.63) is 28.9 Å². The van der Waals surface area contributed by atoms with E-state index in [1.54, 1.807) is 0 Å². The van der Waals surface area contributed by atoms with Gasteiger partial charge in [-0.25, -0.2) is 0 Å². The van der Waals surface area contributed by atoms with Crippen molar-refractivity contribution in [2.75, 3.05) is 0 Å². The summed E-state index contributed by atoms with van der Waals surface area (Å²) in [5, 5.41) is 9.37. The summed E-state index contributed by atoms with van der Waals surface area (Å²) in [6, 6.07) is 4.06. The Kier molecular flexibility index (Phi) is 1.77. The molecule has 0 aliphatic heterocycles. The number of aldehydes is 1. The van der Waals surface area contributed by atoms with E-state index >= 15 is 0 Å². The molecular weight excluding hydrogens is 191 g/mol. The Hall–Kier alpha value is -1.42. The fraction of sp³-hybridized carbons (Fsp3) is 0. The second-order valence-corrected chi connectivity index (χ2v) is 3.65. The van der Waals surface area contributed by atoms with Crippen molar-refractivity contribution >= 4 is 27.7 Å². The fourth-order valence-electron chi connectivity index (χ4n) is 1.22. The highest BCUT2D eigenvalue weighted by molar-refractivity contribution is 7.17. The van der Waals surface area contributed by atoms with E-state index in [9.17, 15) is 14.3 Å². The van der Waals surface area contributed by atoms with Gasteiger partial charge in [-0.3, -0.25) is 4.79 Å².